The monoisotopic (exact) mass is 164 g/mol. The van der Waals surface area contributed by atoms with Crippen LogP contribution in [-0.2, 0) is 0 Å². The topological polar surface area (TPSA) is 56.0 Å². The van der Waals surface area contributed by atoms with Crippen LogP contribution in [0.1, 0.15) is 23.7 Å². The van der Waals surface area contributed by atoms with Crippen LogP contribution in [0.25, 0.3) is 0 Å². The lowest BCUT2D eigenvalue weighted by atomic mass is 10.1. The molecule has 0 radical (unpaired) electrons. The molecule has 3 heteroatoms. The zero-order valence-corrected chi connectivity index (χ0v) is 7.03. The van der Waals surface area contributed by atoms with Crippen molar-refractivity contribution in [3.8, 4) is 0 Å². The molecule has 1 atom stereocenters. The number of carbonyl (C=O) groups is 1. The molecule has 64 valence electrons. The summed E-state index contributed by atoms with van der Waals surface area (Å²) >= 11 is 0. The Morgan fingerprint density at radius 2 is 2.17 bits per heavy atom. The number of hydrogen-bond acceptors (Lipinski definition) is 3. The molecule has 0 aromatic carbocycles. The van der Waals surface area contributed by atoms with Gasteiger partial charge in [-0.25, -0.2) is 0 Å². The Hall–Kier alpha value is -1.22. The maximum atomic E-state index is 11.3. The fourth-order valence-corrected chi connectivity index (χ4v) is 0.948. The molecule has 0 aliphatic carbocycles. The number of rotatable bonds is 3. The second kappa shape index (κ2) is 3.97. The quantitative estimate of drug-likeness (QED) is 0.678. The van der Waals surface area contributed by atoms with Gasteiger partial charge in [-0.05, 0) is 19.1 Å². The Morgan fingerprint density at radius 1 is 1.58 bits per heavy atom. The molecule has 1 aromatic heterocycles. The molecule has 1 unspecified atom stereocenters. The molecule has 1 rings (SSSR count). The molecular weight excluding hydrogens is 152 g/mol. The van der Waals surface area contributed by atoms with Crippen LogP contribution in [0.5, 0.6) is 0 Å². The predicted molar refractivity (Wildman–Crippen MR) is 46.8 cm³/mol. The molecule has 0 spiro atoms. The van der Waals surface area contributed by atoms with Crippen molar-refractivity contribution in [3.05, 3.63) is 30.1 Å². The van der Waals surface area contributed by atoms with E-state index >= 15 is 0 Å². The number of pyridine rings is 1. The number of hydrogen-bond donors (Lipinski definition) is 1. The summed E-state index contributed by atoms with van der Waals surface area (Å²) in [7, 11) is 0. The average molecular weight is 164 g/mol. The van der Waals surface area contributed by atoms with Crippen molar-refractivity contribution in [2.45, 2.75) is 19.4 Å². The van der Waals surface area contributed by atoms with E-state index in [4.69, 9.17) is 5.73 Å². The van der Waals surface area contributed by atoms with E-state index in [9.17, 15) is 4.79 Å². The van der Waals surface area contributed by atoms with E-state index in [0.717, 1.165) is 0 Å². The van der Waals surface area contributed by atoms with Crippen LogP contribution < -0.4 is 5.73 Å². The first kappa shape index (κ1) is 8.87. The maximum Gasteiger partial charge on any atom is 0.164 e. The van der Waals surface area contributed by atoms with Crippen molar-refractivity contribution in [2.24, 2.45) is 5.73 Å². The third kappa shape index (κ3) is 2.43. The fourth-order valence-electron chi connectivity index (χ4n) is 0.948. The van der Waals surface area contributed by atoms with Crippen molar-refractivity contribution in [3.63, 3.8) is 0 Å². The predicted octanol–water partition coefficient (Wildman–Crippen LogP) is 1.00. The molecule has 0 aliphatic rings. The average Bonchev–Trinajstić information content (AvgIpc) is 2.05. The minimum Gasteiger partial charge on any atom is -0.328 e. The summed E-state index contributed by atoms with van der Waals surface area (Å²) in [4.78, 5) is 15.2. The molecule has 2 N–H and O–H groups in total. The molecule has 0 saturated heterocycles. The van der Waals surface area contributed by atoms with Gasteiger partial charge in [-0.3, -0.25) is 9.78 Å². The Morgan fingerprint density at radius 3 is 2.67 bits per heavy atom. The Labute approximate surface area is 71.6 Å². The van der Waals surface area contributed by atoms with E-state index in [2.05, 4.69) is 4.98 Å². The number of ketones is 1. The van der Waals surface area contributed by atoms with Crippen LogP contribution >= 0.6 is 0 Å². The highest BCUT2D eigenvalue weighted by atomic mass is 16.1. The SMILES string of the molecule is CC(N)CC(=O)c1ccncc1. The number of Topliss-reactive ketones (excluding diaryl/α,β-unsaturated/α-hetero) is 1. The molecule has 0 aliphatic heterocycles. The van der Waals surface area contributed by atoms with Gasteiger partial charge in [-0.1, -0.05) is 0 Å². The Bertz CT molecular complexity index is 256. The number of nitrogens with two attached hydrogens (primary N) is 1. The Balaban J connectivity index is 2.66. The van der Waals surface area contributed by atoms with Gasteiger partial charge in [0, 0.05) is 30.4 Å². The highest BCUT2D eigenvalue weighted by molar-refractivity contribution is 5.96. The van der Waals surface area contributed by atoms with Crippen molar-refractivity contribution in [2.75, 3.05) is 0 Å². The number of nitrogens with zero attached hydrogens (tertiary/aromatic N) is 1. The zero-order valence-electron chi connectivity index (χ0n) is 7.03. The molecule has 1 heterocycles. The molecule has 12 heavy (non-hydrogen) atoms. The smallest absolute Gasteiger partial charge is 0.164 e. The third-order valence-electron chi connectivity index (χ3n) is 1.51. The maximum absolute atomic E-state index is 11.3. The first-order valence-corrected chi connectivity index (χ1v) is 3.89. The highest BCUT2D eigenvalue weighted by Crippen LogP contribution is 2.02. The van der Waals surface area contributed by atoms with Crippen LogP contribution in [-0.4, -0.2) is 16.8 Å². The lowest BCUT2D eigenvalue weighted by Gasteiger charge is -2.02. The zero-order chi connectivity index (χ0) is 8.97. The van der Waals surface area contributed by atoms with E-state index < -0.39 is 0 Å². The number of carbonyl (C=O) groups excluding carboxylic acids is 1. The van der Waals surface area contributed by atoms with E-state index in [1.807, 2.05) is 6.92 Å². The van der Waals surface area contributed by atoms with Gasteiger partial charge in [-0.15, -0.1) is 0 Å². The minimum absolute atomic E-state index is 0.0763. The summed E-state index contributed by atoms with van der Waals surface area (Å²) in [5.41, 5.74) is 6.18. The van der Waals surface area contributed by atoms with E-state index in [1.54, 1.807) is 24.5 Å². The van der Waals surface area contributed by atoms with Crippen LogP contribution in [0.2, 0.25) is 0 Å². The van der Waals surface area contributed by atoms with Crippen LogP contribution in [0.3, 0.4) is 0 Å². The molecule has 1 aromatic rings. The van der Waals surface area contributed by atoms with Gasteiger partial charge in [0.25, 0.3) is 0 Å². The lowest BCUT2D eigenvalue weighted by Crippen LogP contribution is -2.19. The number of aromatic nitrogens is 1. The molecule has 0 bridgehead atoms. The first-order valence-electron chi connectivity index (χ1n) is 3.89. The summed E-state index contributed by atoms with van der Waals surface area (Å²) < 4.78 is 0. The molecule has 0 saturated carbocycles. The van der Waals surface area contributed by atoms with Crippen molar-refractivity contribution >= 4 is 5.78 Å². The van der Waals surface area contributed by atoms with Gasteiger partial charge in [-0.2, -0.15) is 0 Å². The first-order chi connectivity index (χ1) is 5.70. The molecular formula is C9H12N2O. The van der Waals surface area contributed by atoms with E-state index in [0.29, 0.717) is 12.0 Å². The van der Waals surface area contributed by atoms with Gasteiger partial charge < -0.3 is 5.73 Å². The molecule has 0 fully saturated rings. The van der Waals surface area contributed by atoms with Gasteiger partial charge >= 0.3 is 0 Å². The van der Waals surface area contributed by atoms with E-state index in [1.165, 1.54) is 0 Å². The largest absolute Gasteiger partial charge is 0.328 e. The second-order valence-corrected chi connectivity index (χ2v) is 2.84. The van der Waals surface area contributed by atoms with Gasteiger partial charge in [0.05, 0.1) is 0 Å². The fraction of sp³-hybridized carbons (Fsp3) is 0.333. The van der Waals surface area contributed by atoms with Crippen molar-refractivity contribution in [1.29, 1.82) is 0 Å². The summed E-state index contributed by atoms with van der Waals surface area (Å²) in [5, 5.41) is 0. The molecule has 0 amide bonds. The van der Waals surface area contributed by atoms with Crippen LogP contribution in [0, 0.1) is 0 Å². The summed E-state index contributed by atoms with van der Waals surface area (Å²) in [5.74, 6) is 0.0763. The van der Waals surface area contributed by atoms with E-state index in [-0.39, 0.29) is 11.8 Å². The van der Waals surface area contributed by atoms with Gasteiger partial charge in [0.2, 0.25) is 0 Å². The minimum atomic E-state index is -0.0781. The van der Waals surface area contributed by atoms with Crippen LogP contribution in [0.4, 0.5) is 0 Å². The van der Waals surface area contributed by atoms with Crippen molar-refractivity contribution in [1.82, 2.24) is 4.98 Å². The second-order valence-electron chi connectivity index (χ2n) is 2.84. The van der Waals surface area contributed by atoms with Gasteiger partial charge in [0.15, 0.2) is 5.78 Å². The van der Waals surface area contributed by atoms with Crippen molar-refractivity contribution < 1.29 is 4.79 Å². The normalized spacial score (nSPS) is 12.5. The lowest BCUT2D eigenvalue weighted by molar-refractivity contribution is 0.0976. The highest BCUT2D eigenvalue weighted by Gasteiger charge is 2.06. The van der Waals surface area contributed by atoms with Crippen LogP contribution in [0.15, 0.2) is 24.5 Å². The summed E-state index contributed by atoms with van der Waals surface area (Å²) in [6.07, 6.45) is 3.60. The third-order valence-corrected chi connectivity index (χ3v) is 1.51. The summed E-state index contributed by atoms with van der Waals surface area (Å²) in [6, 6.07) is 3.32. The molecule has 3 nitrogen and oxygen atoms in total. The standard InChI is InChI=1S/C9H12N2O/c1-7(10)6-9(12)8-2-4-11-5-3-8/h2-5,7H,6,10H2,1H3. The Kier molecular flexibility index (Phi) is 2.94. The van der Waals surface area contributed by atoms with Gasteiger partial charge in [0.1, 0.15) is 0 Å². The summed E-state index contributed by atoms with van der Waals surface area (Å²) in [6.45, 7) is 1.82.